The molecule has 4 aromatic rings. The first-order valence-electron chi connectivity index (χ1n) is 16.8. The van der Waals surface area contributed by atoms with Crippen molar-refractivity contribution in [1.29, 1.82) is 0 Å². The summed E-state index contributed by atoms with van der Waals surface area (Å²) >= 11 is 1.17. The summed E-state index contributed by atoms with van der Waals surface area (Å²) in [6.45, 7) is 1.58. The second-order valence-corrected chi connectivity index (χ2v) is 13.8. The number of aromatic nitrogens is 1. The molecule has 280 valence electrons. The van der Waals surface area contributed by atoms with Crippen molar-refractivity contribution in [3.63, 3.8) is 0 Å². The molecule has 54 heavy (non-hydrogen) atoms. The lowest BCUT2D eigenvalue weighted by Gasteiger charge is -2.49. The molecular weight excluding hydrogens is 728 g/mol. The van der Waals surface area contributed by atoms with Gasteiger partial charge >= 0.3 is 12.1 Å². The van der Waals surface area contributed by atoms with E-state index in [1.54, 1.807) is 30.3 Å². The van der Waals surface area contributed by atoms with E-state index in [4.69, 9.17) is 14.2 Å². The minimum Gasteiger partial charge on any atom is -0.484 e. The first-order valence-corrected chi connectivity index (χ1v) is 17.8. The number of likely N-dealkylation sites (N-methyl/N-ethyl adjacent to an activating group) is 1. The van der Waals surface area contributed by atoms with Crippen molar-refractivity contribution in [2.24, 2.45) is 0 Å². The van der Waals surface area contributed by atoms with Gasteiger partial charge in [0, 0.05) is 54.8 Å². The number of carbonyl (C=O) groups excluding carboxylic acids is 3. The van der Waals surface area contributed by atoms with Gasteiger partial charge in [-0.05, 0) is 55.6 Å². The maximum absolute atomic E-state index is 15.7. The number of amides is 2. The molecule has 0 radical (unpaired) electrons. The lowest BCUT2D eigenvalue weighted by Crippen LogP contribution is -2.70. The summed E-state index contributed by atoms with van der Waals surface area (Å²) in [4.78, 5) is 69.8. The fourth-order valence-corrected chi connectivity index (χ4v) is 7.71. The number of nitrogens with one attached hydrogen (secondary N) is 1. The smallest absolute Gasteiger partial charge is 0.484 e. The molecule has 2 saturated heterocycles. The highest BCUT2D eigenvalue weighted by atomic mass is 32.2. The molecule has 2 fully saturated rings. The summed E-state index contributed by atoms with van der Waals surface area (Å²) in [7, 11) is 1.97. The van der Waals surface area contributed by atoms with Gasteiger partial charge in [-0.15, -0.1) is 11.8 Å². The van der Waals surface area contributed by atoms with E-state index in [-0.39, 0.29) is 40.4 Å². The number of esters is 1. The van der Waals surface area contributed by atoms with Crippen LogP contribution in [-0.4, -0.2) is 107 Å². The van der Waals surface area contributed by atoms with Crippen molar-refractivity contribution < 1.29 is 47.3 Å². The van der Waals surface area contributed by atoms with Gasteiger partial charge in [0.2, 0.25) is 11.3 Å². The van der Waals surface area contributed by atoms with E-state index in [9.17, 15) is 33.5 Å². The van der Waals surface area contributed by atoms with Crippen LogP contribution in [-0.2, 0) is 19.1 Å². The number of piperazine rings is 1. The Bertz CT molecular complexity index is 2230. The lowest BCUT2D eigenvalue weighted by molar-refractivity contribution is -0.149. The number of β-lactam (4-membered cyclic amide) rings is 1. The Morgan fingerprint density at radius 2 is 1.70 bits per heavy atom. The second-order valence-electron chi connectivity index (χ2n) is 12.7. The van der Waals surface area contributed by atoms with E-state index < -0.39 is 64.6 Å². The number of rotatable bonds is 10. The Hall–Kier alpha value is -5.94. The number of benzene rings is 3. The van der Waals surface area contributed by atoms with Gasteiger partial charge in [0.1, 0.15) is 41.0 Å². The lowest BCUT2D eigenvalue weighted by atomic mass is 10.1. The normalized spacial score (nSPS) is 18.5. The number of halogens is 2. The molecule has 0 saturated carbocycles. The fraction of sp³-hybridized carbons (Fsp3) is 0.270. The third-order valence-electron chi connectivity index (χ3n) is 9.22. The number of thioether (sulfide) groups is 1. The topological polar surface area (TPSA) is 160 Å². The predicted octanol–water partition coefficient (Wildman–Crippen LogP) is 3.56. The molecule has 1 aromatic heterocycles. The van der Waals surface area contributed by atoms with Crippen LogP contribution in [0.25, 0.3) is 16.6 Å². The van der Waals surface area contributed by atoms with E-state index in [1.165, 1.54) is 52.9 Å². The molecule has 2 N–H and O–H groups in total. The van der Waals surface area contributed by atoms with Gasteiger partial charge in [-0.25, -0.2) is 18.4 Å². The molecule has 7 rings (SSSR count). The largest absolute Gasteiger partial charge is 0.512 e. The second kappa shape index (κ2) is 15.2. The Morgan fingerprint density at radius 1 is 0.981 bits per heavy atom. The van der Waals surface area contributed by atoms with Crippen LogP contribution in [0, 0.1) is 11.6 Å². The van der Waals surface area contributed by atoms with Crippen molar-refractivity contribution in [1.82, 2.24) is 19.7 Å². The number of fused-ring (bicyclic) bond motifs is 2. The summed E-state index contributed by atoms with van der Waals surface area (Å²) < 4.78 is 46.9. The SMILES string of the molecule is CN1CCN(c2cc3c(cc2F)c(=O)c(C(=O)OCC2=C(OC(=O)O)N4C(=O)[C@@H](NC(=O)COc5ccccc5)[C@H]4SC2)cn3-c2ccc(F)cc2)CC1. The van der Waals surface area contributed by atoms with Crippen LogP contribution in [0.5, 0.6) is 5.75 Å². The molecule has 3 aliphatic heterocycles. The summed E-state index contributed by atoms with van der Waals surface area (Å²) in [6, 6.07) is 15.5. The molecule has 0 aliphatic carbocycles. The van der Waals surface area contributed by atoms with Crippen LogP contribution in [0.1, 0.15) is 10.4 Å². The first kappa shape index (κ1) is 36.4. The van der Waals surface area contributed by atoms with E-state index in [2.05, 4.69) is 10.2 Å². The number of carbonyl (C=O) groups is 4. The number of hydrogen-bond donors (Lipinski definition) is 2. The molecule has 0 unspecified atom stereocenters. The summed E-state index contributed by atoms with van der Waals surface area (Å²) in [5.41, 5.74) is -0.251. The van der Waals surface area contributed by atoms with Gasteiger partial charge in [0.05, 0.1) is 11.2 Å². The average molecular weight is 762 g/mol. The number of anilines is 1. The maximum Gasteiger partial charge on any atom is 0.512 e. The number of carboxylic acid groups (broad SMARTS) is 1. The van der Waals surface area contributed by atoms with Crippen LogP contribution in [0.4, 0.5) is 19.3 Å². The highest BCUT2D eigenvalue weighted by Gasteiger charge is 2.54. The Labute approximate surface area is 310 Å². The van der Waals surface area contributed by atoms with E-state index in [0.29, 0.717) is 37.6 Å². The van der Waals surface area contributed by atoms with Crippen molar-refractivity contribution in [2.45, 2.75) is 11.4 Å². The van der Waals surface area contributed by atoms with Crippen LogP contribution in [0.2, 0.25) is 0 Å². The standard InChI is InChI=1S/C37H33F2N5O9S/c1-41-11-13-42(14-12-41)29-16-28-25(15-27(29)39)32(46)26(17-43(28)23-9-7-22(38)8-10-23)36(48)52-18-21-20-54-35-31(33(47)44(35)34(21)53-37(49)50)40-30(45)19-51-24-5-3-2-4-6-24/h2-10,15-17,31,35H,11-14,18-20H2,1H3,(H,40,45)(H,49,50)/t31-,35-/m1/s1. The fourth-order valence-electron chi connectivity index (χ4n) is 6.40. The first-order chi connectivity index (χ1) is 26.0. The molecule has 0 bridgehead atoms. The van der Waals surface area contributed by atoms with E-state index in [1.807, 2.05) is 11.9 Å². The third-order valence-corrected chi connectivity index (χ3v) is 10.6. The molecule has 3 aromatic carbocycles. The summed E-state index contributed by atoms with van der Waals surface area (Å²) in [6.07, 6.45) is -0.500. The number of hydrogen-bond acceptors (Lipinski definition) is 11. The zero-order valence-corrected chi connectivity index (χ0v) is 29.5. The van der Waals surface area contributed by atoms with Gasteiger partial charge < -0.3 is 39.0 Å². The van der Waals surface area contributed by atoms with Crippen LogP contribution < -0.4 is 20.4 Å². The molecule has 14 nitrogen and oxygen atoms in total. The number of para-hydroxylation sites is 1. The quantitative estimate of drug-likeness (QED) is 0.179. The molecular formula is C37H33F2N5O9S. The van der Waals surface area contributed by atoms with Crippen LogP contribution in [0.15, 0.2) is 89.2 Å². The van der Waals surface area contributed by atoms with Crippen molar-refractivity contribution >= 4 is 52.3 Å². The van der Waals surface area contributed by atoms with Gasteiger partial charge in [0.25, 0.3) is 11.8 Å². The summed E-state index contributed by atoms with van der Waals surface area (Å²) in [5.74, 6) is -3.40. The van der Waals surface area contributed by atoms with Gasteiger partial charge in [-0.3, -0.25) is 19.3 Å². The molecule has 2 amide bonds. The Balaban J connectivity index is 1.13. The zero-order chi connectivity index (χ0) is 38.1. The van der Waals surface area contributed by atoms with Gasteiger partial charge in [-0.1, -0.05) is 18.2 Å². The van der Waals surface area contributed by atoms with E-state index >= 15 is 4.39 Å². The van der Waals surface area contributed by atoms with Crippen molar-refractivity contribution in [2.75, 3.05) is 57.1 Å². The number of nitrogens with zero attached hydrogens (tertiary/aromatic N) is 4. The van der Waals surface area contributed by atoms with Gasteiger partial charge in [0.15, 0.2) is 6.61 Å². The monoisotopic (exact) mass is 761 g/mol. The molecule has 3 aliphatic rings. The highest BCUT2D eigenvalue weighted by Crippen LogP contribution is 2.41. The number of pyridine rings is 1. The van der Waals surface area contributed by atoms with Crippen molar-refractivity contribution in [3.8, 4) is 11.4 Å². The third kappa shape index (κ3) is 7.32. The molecule has 4 heterocycles. The minimum atomic E-state index is -1.73. The van der Waals surface area contributed by atoms with Gasteiger partial charge in [-0.2, -0.15) is 0 Å². The Morgan fingerprint density at radius 3 is 2.41 bits per heavy atom. The van der Waals surface area contributed by atoms with E-state index in [0.717, 1.165) is 11.0 Å². The van der Waals surface area contributed by atoms with Crippen molar-refractivity contribution in [3.05, 3.63) is 112 Å². The summed E-state index contributed by atoms with van der Waals surface area (Å²) in [5, 5.41) is 11.2. The zero-order valence-electron chi connectivity index (χ0n) is 28.7. The Kier molecular flexibility index (Phi) is 10.2. The molecule has 17 heteroatoms. The predicted molar refractivity (Wildman–Crippen MR) is 193 cm³/mol. The highest BCUT2D eigenvalue weighted by molar-refractivity contribution is 8.00. The van der Waals surface area contributed by atoms with Crippen LogP contribution in [0.3, 0.4) is 0 Å². The molecule has 2 atom stereocenters. The minimum absolute atomic E-state index is 0.0367. The maximum atomic E-state index is 15.7. The molecule has 0 spiro atoms. The number of ether oxygens (including phenoxy) is 3. The van der Waals surface area contributed by atoms with Crippen LogP contribution >= 0.6 is 11.8 Å². The average Bonchev–Trinajstić information content (AvgIpc) is 3.16.